The molecule has 1 N–H and O–H groups in total. The van der Waals surface area contributed by atoms with Crippen LogP contribution in [0.3, 0.4) is 0 Å². The van der Waals surface area contributed by atoms with Crippen molar-refractivity contribution in [1.82, 2.24) is 5.32 Å². The maximum Gasteiger partial charge on any atom is 0.271 e. The number of carbonyl (C=O) groups excluding carboxylic acids is 2. The Labute approximate surface area is 232 Å². The first-order chi connectivity index (χ1) is 19.2. The topological polar surface area (TPSA) is 71.0 Å². The highest BCUT2D eigenvalue weighted by molar-refractivity contribution is 8.19. The van der Waals surface area contributed by atoms with Crippen LogP contribution < -0.4 is 15.0 Å². The van der Waals surface area contributed by atoms with E-state index < -0.39 is 0 Å². The number of aliphatic imine (C=N–C) groups is 1. The second-order valence-corrected chi connectivity index (χ2v) is 9.77. The van der Waals surface area contributed by atoms with Crippen LogP contribution in [0, 0.1) is 0 Å². The van der Waals surface area contributed by atoms with Crippen molar-refractivity contribution in [2.45, 2.75) is 6.42 Å². The molecule has 39 heavy (non-hydrogen) atoms. The largest absolute Gasteiger partial charge is 0.484 e. The highest BCUT2D eigenvalue weighted by Crippen LogP contribution is 2.37. The van der Waals surface area contributed by atoms with Crippen LogP contribution in [0.4, 0.5) is 11.4 Å². The molecule has 0 saturated carbocycles. The zero-order valence-corrected chi connectivity index (χ0v) is 22.0. The number of carbonyl (C=O) groups is 2. The molecule has 1 aliphatic heterocycles. The lowest BCUT2D eigenvalue weighted by Gasteiger charge is -2.15. The number of nitrogens with one attached hydrogen (secondary N) is 1. The molecule has 4 aromatic carbocycles. The Morgan fingerprint density at radius 2 is 1.49 bits per heavy atom. The molecule has 1 fully saturated rings. The summed E-state index contributed by atoms with van der Waals surface area (Å²) in [5.41, 5.74) is 3.56. The highest BCUT2D eigenvalue weighted by atomic mass is 32.2. The first-order valence-electron chi connectivity index (χ1n) is 12.6. The van der Waals surface area contributed by atoms with E-state index in [0.29, 0.717) is 22.4 Å². The number of para-hydroxylation sites is 2. The molecule has 1 saturated heterocycles. The van der Waals surface area contributed by atoms with Gasteiger partial charge in [0.15, 0.2) is 11.8 Å². The van der Waals surface area contributed by atoms with Crippen molar-refractivity contribution in [1.29, 1.82) is 0 Å². The molecule has 0 bridgehead atoms. The van der Waals surface area contributed by atoms with Gasteiger partial charge in [0, 0.05) is 6.54 Å². The number of rotatable bonds is 9. The quantitative estimate of drug-likeness (QED) is 0.259. The zero-order valence-electron chi connectivity index (χ0n) is 21.2. The predicted octanol–water partition coefficient (Wildman–Crippen LogP) is 6.23. The molecular weight excluding hydrogens is 506 g/mol. The summed E-state index contributed by atoms with van der Waals surface area (Å²) in [5.74, 6) is 0.280. The number of nitrogens with zero attached hydrogens (tertiary/aromatic N) is 2. The number of benzene rings is 4. The van der Waals surface area contributed by atoms with E-state index >= 15 is 0 Å². The van der Waals surface area contributed by atoms with E-state index in [2.05, 4.69) is 5.32 Å². The van der Waals surface area contributed by atoms with Gasteiger partial charge in [-0.05, 0) is 71.8 Å². The summed E-state index contributed by atoms with van der Waals surface area (Å²) in [6, 6.07) is 36.4. The molecule has 0 unspecified atom stereocenters. The molecule has 0 aliphatic carbocycles. The van der Waals surface area contributed by atoms with Crippen molar-refractivity contribution in [3.8, 4) is 5.75 Å². The Morgan fingerprint density at radius 3 is 2.18 bits per heavy atom. The fourth-order valence-electron chi connectivity index (χ4n) is 3.97. The third kappa shape index (κ3) is 7.03. The molecule has 6 nitrogen and oxygen atoms in total. The second-order valence-electron chi connectivity index (χ2n) is 8.76. The lowest BCUT2D eigenvalue weighted by atomic mass is 10.1. The Balaban J connectivity index is 1.22. The van der Waals surface area contributed by atoms with Crippen LogP contribution in [-0.2, 0) is 16.0 Å². The van der Waals surface area contributed by atoms with Gasteiger partial charge >= 0.3 is 0 Å². The van der Waals surface area contributed by atoms with Crippen LogP contribution in [-0.4, -0.2) is 30.1 Å². The van der Waals surface area contributed by atoms with Crippen LogP contribution in [0.2, 0.25) is 0 Å². The van der Waals surface area contributed by atoms with E-state index in [-0.39, 0.29) is 18.4 Å². The minimum absolute atomic E-state index is 0.0606. The van der Waals surface area contributed by atoms with Crippen LogP contribution in [0.5, 0.6) is 5.75 Å². The number of amides is 2. The van der Waals surface area contributed by atoms with E-state index in [0.717, 1.165) is 23.4 Å². The van der Waals surface area contributed by atoms with Crippen molar-refractivity contribution in [2.24, 2.45) is 4.99 Å². The van der Waals surface area contributed by atoms with Crippen LogP contribution in [0.1, 0.15) is 11.1 Å². The molecule has 4 aromatic rings. The number of hydrogen-bond donors (Lipinski definition) is 1. The summed E-state index contributed by atoms with van der Waals surface area (Å²) in [6.45, 7) is 0.495. The third-order valence-electron chi connectivity index (χ3n) is 5.93. The molecule has 0 radical (unpaired) electrons. The Kier molecular flexibility index (Phi) is 8.51. The fraction of sp³-hybridized carbons (Fsp3) is 0.0938. The fourth-order valence-corrected chi connectivity index (χ4v) is 4.97. The average Bonchev–Trinajstić information content (AvgIpc) is 3.28. The first-order valence-corrected chi connectivity index (χ1v) is 13.4. The van der Waals surface area contributed by atoms with E-state index in [1.165, 1.54) is 17.3 Å². The Hall–Kier alpha value is -4.62. The number of anilines is 1. The van der Waals surface area contributed by atoms with Gasteiger partial charge in [0.05, 0.1) is 16.3 Å². The third-order valence-corrected chi connectivity index (χ3v) is 6.90. The van der Waals surface area contributed by atoms with Crippen LogP contribution in [0.25, 0.3) is 6.08 Å². The molecule has 0 atom stereocenters. The smallest absolute Gasteiger partial charge is 0.271 e. The second kappa shape index (κ2) is 12.8. The molecule has 7 heteroatoms. The van der Waals surface area contributed by atoms with Gasteiger partial charge < -0.3 is 10.1 Å². The summed E-state index contributed by atoms with van der Waals surface area (Å²) < 4.78 is 5.64. The maximum absolute atomic E-state index is 13.4. The van der Waals surface area contributed by atoms with Gasteiger partial charge in [0.1, 0.15) is 5.75 Å². The Bertz CT molecular complexity index is 1470. The van der Waals surface area contributed by atoms with Crippen molar-refractivity contribution in [3.63, 3.8) is 0 Å². The standard InChI is InChI=1S/C32H27N3O3S/c36-30(33-21-20-24-10-4-1-5-11-24)23-38-28-18-16-25(17-19-28)22-29-31(37)35(27-14-8-3-9-15-27)32(39-29)34-26-12-6-2-7-13-26/h1-19,22H,20-21,23H2,(H,33,36)/b29-22-,34-32?. The molecule has 1 aliphatic rings. The highest BCUT2D eigenvalue weighted by Gasteiger charge is 2.34. The van der Waals surface area contributed by atoms with Gasteiger partial charge in [0.25, 0.3) is 11.8 Å². The summed E-state index contributed by atoms with van der Waals surface area (Å²) in [4.78, 5) is 32.5. The minimum Gasteiger partial charge on any atom is -0.484 e. The van der Waals surface area contributed by atoms with Crippen LogP contribution in [0.15, 0.2) is 125 Å². The molecule has 0 spiro atoms. The summed E-state index contributed by atoms with van der Waals surface area (Å²) in [6.07, 6.45) is 2.61. The van der Waals surface area contributed by atoms with Gasteiger partial charge in [0.2, 0.25) is 0 Å². The van der Waals surface area contributed by atoms with E-state index in [1.54, 1.807) is 17.0 Å². The monoisotopic (exact) mass is 533 g/mol. The zero-order chi connectivity index (χ0) is 26.9. The van der Waals surface area contributed by atoms with Gasteiger partial charge in [-0.25, -0.2) is 4.99 Å². The number of hydrogen-bond acceptors (Lipinski definition) is 5. The number of ether oxygens (including phenoxy) is 1. The SMILES string of the molecule is O=C(COc1ccc(/C=C2\SC(=Nc3ccccc3)N(c3ccccc3)C2=O)cc1)NCCc1ccccc1. The lowest BCUT2D eigenvalue weighted by molar-refractivity contribution is -0.123. The van der Waals surface area contributed by atoms with E-state index in [1.807, 2.05) is 109 Å². The molecular formula is C32H27N3O3S. The van der Waals surface area contributed by atoms with Gasteiger partial charge in [-0.1, -0.05) is 78.9 Å². The maximum atomic E-state index is 13.4. The van der Waals surface area contributed by atoms with Crippen LogP contribution >= 0.6 is 11.8 Å². The summed E-state index contributed by atoms with van der Waals surface area (Å²) in [5, 5.41) is 3.47. The van der Waals surface area contributed by atoms with E-state index in [4.69, 9.17) is 9.73 Å². The average molecular weight is 534 g/mol. The summed E-state index contributed by atoms with van der Waals surface area (Å²) >= 11 is 1.34. The van der Waals surface area contributed by atoms with Crippen molar-refractivity contribution in [3.05, 3.63) is 131 Å². The van der Waals surface area contributed by atoms with E-state index in [9.17, 15) is 9.59 Å². The summed E-state index contributed by atoms with van der Waals surface area (Å²) in [7, 11) is 0. The molecule has 5 rings (SSSR count). The van der Waals surface area contributed by atoms with Gasteiger partial charge in [-0.2, -0.15) is 0 Å². The number of thioether (sulfide) groups is 1. The van der Waals surface area contributed by atoms with Gasteiger partial charge in [-0.3, -0.25) is 14.5 Å². The molecule has 1 heterocycles. The first kappa shape index (κ1) is 26.0. The molecule has 194 valence electrons. The van der Waals surface area contributed by atoms with Crippen molar-refractivity contribution in [2.75, 3.05) is 18.1 Å². The molecule has 0 aromatic heterocycles. The van der Waals surface area contributed by atoms with Gasteiger partial charge in [-0.15, -0.1) is 0 Å². The lowest BCUT2D eigenvalue weighted by Crippen LogP contribution is -2.30. The molecule has 2 amide bonds. The van der Waals surface area contributed by atoms with Crippen molar-refractivity contribution < 1.29 is 14.3 Å². The minimum atomic E-state index is -0.170. The van der Waals surface area contributed by atoms with Crippen molar-refractivity contribution >= 4 is 46.2 Å². The Morgan fingerprint density at radius 1 is 0.846 bits per heavy atom. The normalized spacial score (nSPS) is 15.1. The predicted molar refractivity (Wildman–Crippen MR) is 158 cm³/mol. The number of amidine groups is 1.